The Labute approximate surface area is 111 Å². The van der Waals surface area contributed by atoms with Crippen LogP contribution in [0.3, 0.4) is 0 Å². The van der Waals surface area contributed by atoms with Crippen molar-refractivity contribution in [2.75, 3.05) is 20.2 Å². The second-order valence-electron chi connectivity index (χ2n) is 4.13. The van der Waals surface area contributed by atoms with Gasteiger partial charge in [-0.05, 0) is 20.9 Å². The zero-order valence-electron chi connectivity index (χ0n) is 11.0. The molecular formula is C11H20N4O2S. The molecule has 0 aliphatic rings. The lowest BCUT2D eigenvalue weighted by Crippen LogP contribution is -2.32. The number of oxime groups is 1. The number of rotatable bonds is 7. The van der Waals surface area contributed by atoms with E-state index in [1.807, 2.05) is 14.0 Å². The van der Waals surface area contributed by atoms with Gasteiger partial charge in [-0.25, -0.2) is 4.98 Å². The average molecular weight is 272 g/mol. The van der Waals surface area contributed by atoms with Gasteiger partial charge in [-0.1, -0.05) is 5.16 Å². The van der Waals surface area contributed by atoms with Crippen LogP contribution in [-0.2, 0) is 11.3 Å². The number of amidine groups is 1. The quantitative estimate of drug-likeness (QED) is 0.335. The van der Waals surface area contributed by atoms with Crippen LogP contribution in [0.5, 0.6) is 0 Å². The highest BCUT2D eigenvalue weighted by atomic mass is 32.1. The summed E-state index contributed by atoms with van der Waals surface area (Å²) in [4.78, 5) is 6.52. The Hall–Kier alpha value is -1.18. The molecule has 0 spiro atoms. The summed E-state index contributed by atoms with van der Waals surface area (Å²) in [7, 11) is 2.01. The number of hydrogen-bond acceptors (Lipinski definition) is 6. The lowest BCUT2D eigenvalue weighted by Gasteiger charge is -2.17. The first-order chi connectivity index (χ1) is 8.52. The molecule has 3 N–H and O–H groups in total. The molecule has 0 saturated carbocycles. The monoisotopic (exact) mass is 272 g/mol. The topological polar surface area (TPSA) is 84.0 Å². The van der Waals surface area contributed by atoms with Gasteiger partial charge in [-0.15, -0.1) is 11.3 Å². The van der Waals surface area contributed by atoms with Gasteiger partial charge in [-0.3, -0.25) is 4.90 Å². The molecule has 0 aromatic carbocycles. The fourth-order valence-electron chi connectivity index (χ4n) is 1.39. The zero-order chi connectivity index (χ0) is 13.5. The van der Waals surface area contributed by atoms with E-state index in [1.165, 1.54) is 0 Å². The van der Waals surface area contributed by atoms with Crippen LogP contribution < -0.4 is 5.73 Å². The van der Waals surface area contributed by atoms with Gasteiger partial charge in [0.1, 0.15) is 6.10 Å². The van der Waals surface area contributed by atoms with Gasteiger partial charge in [0.25, 0.3) is 0 Å². The van der Waals surface area contributed by atoms with Gasteiger partial charge in [0.15, 0.2) is 5.84 Å². The van der Waals surface area contributed by atoms with Crippen molar-refractivity contribution in [3.63, 3.8) is 0 Å². The van der Waals surface area contributed by atoms with Crippen LogP contribution in [0.2, 0.25) is 0 Å². The van der Waals surface area contributed by atoms with Crippen LogP contribution >= 0.6 is 11.3 Å². The standard InChI is InChI=1S/C11H20N4O2S/c1-8(11(12)14-16)17-5-4-15(3)6-10-7-18-9(2)13-10/h7-8,16H,4-6H2,1-3H3,(H2,12,14). The van der Waals surface area contributed by atoms with Crippen molar-refractivity contribution >= 4 is 17.2 Å². The molecule has 0 aliphatic heterocycles. The third-order valence-corrected chi connectivity index (χ3v) is 3.29. The van der Waals surface area contributed by atoms with Gasteiger partial charge in [0.2, 0.25) is 0 Å². The summed E-state index contributed by atoms with van der Waals surface area (Å²) in [6.07, 6.45) is -0.370. The van der Waals surface area contributed by atoms with E-state index in [0.29, 0.717) is 6.61 Å². The molecule has 1 aromatic rings. The highest BCUT2D eigenvalue weighted by molar-refractivity contribution is 7.09. The highest BCUT2D eigenvalue weighted by Gasteiger charge is 2.08. The normalized spacial score (nSPS) is 14.1. The van der Waals surface area contributed by atoms with E-state index in [-0.39, 0.29) is 11.9 Å². The second kappa shape index (κ2) is 7.30. The van der Waals surface area contributed by atoms with Crippen LogP contribution in [-0.4, -0.2) is 47.2 Å². The van der Waals surface area contributed by atoms with Crippen LogP contribution in [0.15, 0.2) is 10.5 Å². The molecule has 1 aromatic heterocycles. The number of ether oxygens (including phenoxy) is 1. The maximum Gasteiger partial charge on any atom is 0.168 e. The van der Waals surface area contributed by atoms with E-state index in [4.69, 9.17) is 15.7 Å². The predicted molar refractivity (Wildman–Crippen MR) is 72.0 cm³/mol. The molecule has 0 bridgehead atoms. The van der Waals surface area contributed by atoms with Gasteiger partial charge < -0.3 is 15.7 Å². The zero-order valence-corrected chi connectivity index (χ0v) is 11.8. The summed E-state index contributed by atoms with van der Waals surface area (Å²) in [5.74, 6) is 0.0905. The lowest BCUT2D eigenvalue weighted by molar-refractivity contribution is 0.0860. The molecule has 18 heavy (non-hydrogen) atoms. The Bertz CT molecular complexity index is 394. The first kappa shape index (κ1) is 14.9. The predicted octanol–water partition coefficient (Wildman–Crippen LogP) is 1.03. The molecular weight excluding hydrogens is 252 g/mol. The van der Waals surface area contributed by atoms with Crippen molar-refractivity contribution in [1.29, 1.82) is 0 Å². The van der Waals surface area contributed by atoms with Crippen molar-refractivity contribution in [3.8, 4) is 0 Å². The molecule has 1 unspecified atom stereocenters. The van der Waals surface area contributed by atoms with E-state index >= 15 is 0 Å². The Balaban J connectivity index is 2.23. The van der Waals surface area contributed by atoms with Crippen molar-refractivity contribution < 1.29 is 9.94 Å². The minimum atomic E-state index is -0.370. The molecule has 0 amide bonds. The van der Waals surface area contributed by atoms with Crippen molar-refractivity contribution in [1.82, 2.24) is 9.88 Å². The second-order valence-corrected chi connectivity index (χ2v) is 5.20. The van der Waals surface area contributed by atoms with Gasteiger partial charge in [0, 0.05) is 18.5 Å². The smallest absolute Gasteiger partial charge is 0.168 e. The average Bonchev–Trinajstić information content (AvgIpc) is 2.73. The molecule has 7 heteroatoms. The number of aryl methyl sites for hydroxylation is 1. The van der Waals surface area contributed by atoms with E-state index in [9.17, 15) is 0 Å². The highest BCUT2D eigenvalue weighted by Crippen LogP contribution is 2.09. The Morgan fingerprint density at radius 1 is 1.72 bits per heavy atom. The fraction of sp³-hybridized carbons (Fsp3) is 0.636. The molecule has 0 saturated heterocycles. The summed E-state index contributed by atoms with van der Waals surface area (Å²) >= 11 is 1.65. The number of nitrogens with two attached hydrogens (primary N) is 1. The van der Waals surface area contributed by atoms with E-state index < -0.39 is 0 Å². The first-order valence-electron chi connectivity index (χ1n) is 5.71. The van der Waals surface area contributed by atoms with Gasteiger partial charge >= 0.3 is 0 Å². The molecule has 1 rings (SSSR count). The van der Waals surface area contributed by atoms with Crippen LogP contribution in [0.1, 0.15) is 17.6 Å². The molecule has 0 radical (unpaired) electrons. The summed E-state index contributed by atoms with van der Waals surface area (Å²) < 4.78 is 5.43. The first-order valence-corrected chi connectivity index (χ1v) is 6.59. The lowest BCUT2D eigenvalue weighted by atomic mass is 10.4. The van der Waals surface area contributed by atoms with Crippen LogP contribution in [0.4, 0.5) is 0 Å². The maximum absolute atomic E-state index is 8.48. The maximum atomic E-state index is 8.48. The number of aromatic nitrogens is 1. The fourth-order valence-corrected chi connectivity index (χ4v) is 1.99. The summed E-state index contributed by atoms with van der Waals surface area (Å²) in [5.41, 5.74) is 6.49. The molecule has 102 valence electrons. The van der Waals surface area contributed by atoms with E-state index in [1.54, 1.807) is 18.3 Å². The van der Waals surface area contributed by atoms with Crippen molar-refractivity contribution in [3.05, 3.63) is 16.1 Å². The van der Waals surface area contributed by atoms with E-state index in [0.717, 1.165) is 23.8 Å². The van der Waals surface area contributed by atoms with E-state index in [2.05, 4.69) is 20.4 Å². The van der Waals surface area contributed by atoms with Gasteiger partial charge in [0.05, 0.1) is 17.3 Å². The van der Waals surface area contributed by atoms with Crippen LogP contribution in [0, 0.1) is 6.92 Å². The number of likely N-dealkylation sites (N-methyl/N-ethyl adjacent to an activating group) is 1. The minimum absolute atomic E-state index is 0.0905. The largest absolute Gasteiger partial charge is 0.409 e. The number of nitrogens with zero attached hydrogens (tertiary/aromatic N) is 3. The molecule has 0 fully saturated rings. The SMILES string of the molecule is Cc1nc(CN(C)CCOC(C)C(N)=NO)cs1. The minimum Gasteiger partial charge on any atom is -0.409 e. The summed E-state index contributed by atoms with van der Waals surface area (Å²) in [6.45, 7) is 5.83. The Kier molecular flexibility index (Phi) is 6.03. The number of hydrogen-bond donors (Lipinski definition) is 2. The van der Waals surface area contributed by atoms with Crippen molar-refractivity contribution in [2.24, 2.45) is 10.9 Å². The summed E-state index contributed by atoms with van der Waals surface area (Å²) in [5, 5.41) is 14.5. The summed E-state index contributed by atoms with van der Waals surface area (Å²) in [6, 6.07) is 0. The Morgan fingerprint density at radius 3 is 3.00 bits per heavy atom. The number of thiazole rings is 1. The Morgan fingerprint density at radius 2 is 2.44 bits per heavy atom. The third kappa shape index (κ3) is 4.99. The third-order valence-electron chi connectivity index (χ3n) is 2.47. The molecule has 6 nitrogen and oxygen atoms in total. The molecule has 1 heterocycles. The molecule has 1 atom stereocenters. The van der Waals surface area contributed by atoms with Crippen LogP contribution in [0.25, 0.3) is 0 Å². The van der Waals surface area contributed by atoms with Gasteiger partial charge in [-0.2, -0.15) is 0 Å². The van der Waals surface area contributed by atoms with Crippen molar-refractivity contribution in [2.45, 2.75) is 26.5 Å². The molecule has 0 aliphatic carbocycles.